The van der Waals surface area contributed by atoms with E-state index in [2.05, 4.69) is 10.6 Å². The summed E-state index contributed by atoms with van der Waals surface area (Å²) >= 11 is 0. The zero-order valence-corrected chi connectivity index (χ0v) is 16.0. The number of hydrogen-bond donors (Lipinski definition) is 2. The molecule has 0 heterocycles. The first-order chi connectivity index (χ1) is 13.4. The fourth-order valence-electron chi connectivity index (χ4n) is 3.01. The van der Waals surface area contributed by atoms with Crippen molar-refractivity contribution in [1.29, 1.82) is 0 Å². The molecular formula is C23H21FN2O2. The highest BCUT2D eigenvalue weighted by atomic mass is 19.1. The Morgan fingerprint density at radius 1 is 0.857 bits per heavy atom. The molecule has 3 rings (SSSR count). The van der Waals surface area contributed by atoms with Gasteiger partial charge in [-0.25, -0.2) is 4.39 Å². The number of anilines is 1. The zero-order valence-electron chi connectivity index (χ0n) is 16.0. The zero-order chi connectivity index (χ0) is 20.3. The molecule has 0 saturated carbocycles. The molecule has 0 atom stereocenters. The molecule has 2 N–H and O–H groups in total. The van der Waals surface area contributed by atoms with Gasteiger partial charge in [0, 0.05) is 7.05 Å². The van der Waals surface area contributed by atoms with Gasteiger partial charge in [0.2, 0.25) is 0 Å². The lowest BCUT2D eigenvalue weighted by atomic mass is 10.0. The van der Waals surface area contributed by atoms with E-state index in [9.17, 15) is 14.0 Å². The third-order valence-corrected chi connectivity index (χ3v) is 4.57. The third kappa shape index (κ3) is 3.93. The Bertz CT molecular complexity index is 1040. The Kier molecular flexibility index (Phi) is 5.54. The van der Waals surface area contributed by atoms with Gasteiger partial charge in [-0.15, -0.1) is 0 Å². The van der Waals surface area contributed by atoms with Gasteiger partial charge >= 0.3 is 0 Å². The maximum absolute atomic E-state index is 14.6. The van der Waals surface area contributed by atoms with Crippen molar-refractivity contribution < 1.29 is 14.0 Å². The van der Waals surface area contributed by atoms with E-state index in [-0.39, 0.29) is 11.5 Å². The molecule has 0 aromatic heterocycles. The summed E-state index contributed by atoms with van der Waals surface area (Å²) in [6, 6.07) is 17.3. The maximum Gasteiger partial charge on any atom is 0.258 e. The summed E-state index contributed by atoms with van der Waals surface area (Å²) in [5.74, 6) is -1.54. The highest BCUT2D eigenvalue weighted by Gasteiger charge is 2.18. The van der Waals surface area contributed by atoms with Crippen molar-refractivity contribution in [2.24, 2.45) is 0 Å². The van der Waals surface area contributed by atoms with Gasteiger partial charge in [0.15, 0.2) is 0 Å². The third-order valence-electron chi connectivity index (χ3n) is 4.57. The van der Waals surface area contributed by atoms with Gasteiger partial charge in [-0.3, -0.25) is 9.59 Å². The molecule has 3 aromatic carbocycles. The van der Waals surface area contributed by atoms with Crippen LogP contribution in [0.15, 0.2) is 60.7 Å². The first kappa shape index (κ1) is 19.3. The van der Waals surface area contributed by atoms with Crippen molar-refractivity contribution >= 4 is 17.5 Å². The van der Waals surface area contributed by atoms with Gasteiger partial charge < -0.3 is 10.6 Å². The SMILES string of the molecule is CNC(=O)c1c(C)cccc1NC(=O)c1ccc(-c2ccc(C)cc2)cc1F. The largest absolute Gasteiger partial charge is 0.355 e. The Hall–Kier alpha value is -3.47. The Balaban J connectivity index is 1.89. The lowest BCUT2D eigenvalue weighted by Crippen LogP contribution is -2.23. The molecule has 28 heavy (non-hydrogen) atoms. The predicted molar refractivity (Wildman–Crippen MR) is 109 cm³/mol. The van der Waals surface area contributed by atoms with Crippen LogP contribution in [0.2, 0.25) is 0 Å². The van der Waals surface area contributed by atoms with Crippen LogP contribution in [0, 0.1) is 19.7 Å². The van der Waals surface area contributed by atoms with Gasteiger partial charge in [-0.1, -0.05) is 48.0 Å². The number of rotatable bonds is 4. The Morgan fingerprint density at radius 2 is 1.54 bits per heavy atom. The van der Waals surface area contributed by atoms with Crippen LogP contribution in [0.25, 0.3) is 11.1 Å². The molecule has 0 aliphatic heterocycles. The van der Waals surface area contributed by atoms with E-state index >= 15 is 0 Å². The van der Waals surface area contributed by atoms with Gasteiger partial charge in [0.1, 0.15) is 5.82 Å². The fourth-order valence-corrected chi connectivity index (χ4v) is 3.01. The van der Waals surface area contributed by atoms with Crippen LogP contribution >= 0.6 is 0 Å². The van der Waals surface area contributed by atoms with Crippen molar-refractivity contribution in [3.63, 3.8) is 0 Å². The number of aryl methyl sites for hydroxylation is 2. The van der Waals surface area contributed by atoms with Crippen molar-refractivity contribution in [1.82, 2.24) is 5.32 Å². The number of halogens is 1. The summed E-state index contributed by atoms with van der Waals surface area (Å²) in [6.07, 6.45) is 0. The van der Waals surface area contributed by atoms with Crippen LogP contribution in [-0.4, -0.2) is 18.9 Å². The molecule has 4 nitrogen and oxygen atoms in total. The Labute approximate surface area is 163 Å². The minimum atomic E-state index is -0.621. The molecule has 0 unspecified atom stereocenters. The summed E-state index contributed by atoms with van der Waals surface area (Å²) in [6.45, 7) is 3.76. The number of hydrogen-bond acceptors (Lipinski definition) is 2. The van der Waals surface area contributed by atoms with E-state index in [1.807, 2.05) is 31.2 Å². The number of amides is 2. The van der Waals surface area contributed by atoms with E-state index in [0.29, 0.717) is 22.4 Å². The summed E-state index contributed by atoms with van der Waals surface area (Å²) in [5.41, 5.74) is 4.01. The normalized spacial score (nSPS) is 10.4. The predicted octanol–water partition coefficient (Wildman–Crippen LogP) is 4.72. The van der Waals surface area contributed by atoms with Gasteiger partial charge in [0.25, 0.3) is 11.8 Å². The van der Waals surface area contributed by atoms with E-state index in [0.717, 1.165) is 11.1 Å². The van der Waals surface area contributed by atoms with E-state index in [4.69, 9.17) is 0 Å². The second-order valence-corrected chi connectivity index (χ2v) is 6.59. The highest BCUT2D eigenvalue weighted by Crippen LogP contribution is 2.24. The molecule has 0 spiro atoms. The molecule has 5 heteroatoms. The van der Waals surface area contributed by atoms with Crippen LogP contribution in [-0.2, 0) is 0 Å². The molecule has 3 aromatic rings. The molecule has 0 aliphatic carbocycles. The van der Waals surface area contributed by atoms with Crippen LogP contribution in [0.1, 0.15) is 31.8 Å². The van der Waals surface area contributed by atoms with E-state index < -0.39 is 11.7 Å². The average Bonchev–Trinajstić information content (AvgIpc) is 2.68. The fraction of sp³-hybridized carbons (Fsp3) is 0.130. The second-order valence-electron chi connectivity index (χ2n) is 6.59. The van der Waals surface area contributed by atoms with Crippen molar-refractivity contribution in [3.8, 4) is 11.1 Å². The first-order valence-electron chi connectivity index (χ1n) is 8.90. The molecule has 2 amide bonds. The minimum Gasteiger partial charge on any atom is -0.355 e. The number of benzene rings is 3. The van der Waals surface area contributed by atoms with E-state index in [1.165, 1.54) is 19.2 Å². The number of nitrogens with one attached hydrogen (secondary N) is 2. The average molecular weight is 376 g/mol. The van der Waals surface area contributed by atoms with E-state index in [1.54, 1.807) is 31.2 Å². The van der Waals surface area contributed by atoms with Gasteiger partial charge in [0.05, 0.1) is 16.8 Å². The molecule has 0 fully saturated rings. The molecule has 0 saturated heterocycles. The lowest BCUT2D eigenvalue weighted by Gasteiger charge is -2.13. The quantitative estimate of drug-likeness (QED) is 0.692. The molecular weight excluding hydrogens is 355 g/mol. The van der Waals surface area contributed by atoms with Crippen molar-refractivity contribution in [2.75, 3.05) is 12.4 Å². The molecule has 0 aliphatic rings. The van der Waals surface area contributed by atoms with Gasteiger partial charge in [-0.05, 0) is 48.7 Å². The van der Waals surface area contributed by atoms with Crippen molar-refractivity contribution in [3.05, 3.63) is 88.7 Å². The standard InChI is InChI=1S/C23H21FN2O2/c1-14-7-9-16(10-8-14)17-11-12-18(19(24)13-17)22(27)26-20-6-4-5-15(2)21(20)23(28)25-3/h4-13H,1-3H3,(H,25,28)(H,26,27). The highest BCUT2D eigenvalue weighted by molar-refractivity contribution is 6.09. The summed E-state index contributed by atoms with van der Waals surface area (Å²) in [5, 5.41) is 5.20. The lowest BCUT2D eigenvalue weighted by molar-refractivity contribution is 0.0963. The maximum atomic E-state index is 14.6. The Morgan fingerprint density at radius 3 is 2.18 bits per heavy atom. The second kappa shape index (κ2) is 8.05. The number of carbonyl (C=O) groups is 2. The molecule has 0 bridgehead atoms. The van der Waals surface area contributed by atoms with Crippen molar-refractivity contribution in [2.45, 2.75) is 13.8 Å². The van der Waals surface area contributed by atoms with Crippen LogP contribution in [0.5, 0.6) is 0 Å². The summed E-state index contributed by atoms with van der Waals surface area (Å²) < 4.78 is 14.6. The summed E-state index contributed by atoms with van der Waals surface area (Å²) in [4.78, 5) is 24.7. The monoisotopic (exact) mass is 376 g/mol. The smallest absolute Gasteiger partial charge is 0.258 e. The van der Waals surface area contributed by atoms with Crippen LogP contribution < -0.4 is 10.6 Å². The first-order valence-corrected chi connectivity index (χ1v) is 8.90. The molecule has 0 radical (unpaired) electrons. The topological polar surface area (TPSA) is 58.2 Å². The number of carbonyl (C=O) groups excluding carboxylic acids is 2. The summed E-state index contributed by atoms with van der Waals surface area (Å²) in [7, 11) is 1.52. The van der Waals surface area contributed by atoms with Crippen LogP contribution in [0.3, 0.4) is 0 Å². The minimum absolute atomic E-state index is 0.0831. The van der Waals surface area contributed by atoms with Gasteiger partial charge in [-0.2, -0.15) is 0 Å². The van der Waals surface area contributed by atoms with Crippen LogP contribution in [0.4, 0.5) is 10.1 Å². The molecule has 142 valence electrons.